The van der Waals surface area contributed by atoms with E-state index in [9.17, 15) is 27.2 Å². The molecule has 246 valence electrons. The number of rotatable bonds is 12. The lowest BCUT2D eigenvalue weighted by atomic mass is 10.2. The van der Waals surface area contributed by atoms with Gasteiger partial charge in [-0.25, -0.2) is 9.37 Å². The number of benzene rings is 3. The van der Waals surface area contributed by atoms with Crippen LogP contribution in [0.15, 0.2) is 97.2 Å². The number of halogens is 4. The molecule has 1 saturated heterocycles. The van der Waals surface area contributed by atoms with Crippen molar-refractivity contribution in [2.45, 2.75) is 18.8 Å². The van der Waals surface area contributed by atoms with E-state index in [2.05, 4.69) is 15.6 Å². The zero-order chi connectivity index (χ0) is 33.2. The monoisotopic (exact) mass is 651 g/mol. The lowest BCUT2D eigenvalue weighted by Gasteiger charge is -2.36. The predicted molar refractivity (Wildman–Crippen MR) is 167 cm³/mol. The van der Waals surface area contributed by atoms with Crippen molar-refractivity contribution in [2.24, 2.45) is 0 Å². The van der Waals surface area contributed by atoms with Crippen LogP contribution in [0.3, 0.4) is 0 Å². The van der Waals surface area contributed by atoms with Crippen molar-refractivity contribution in [3.8, 4) is 11.5 Å². The molecule has 1 aromatic heterocycles. The number of carbonyl (C=O) groups excluding carboxylic acids is 2. The van der Waals surface area contributed by atoms with Crippen molar-refractivity contribution in [1.29, 1.82) is 0 Å². The Morgan fingerprint density at radius 2 is 1.51 bits per heavy atom. The number of hydrogen-bond acceptors (Lipinski definition) is 7. The fourth-order valence-electron chi connectivity index (χ4n) is 4.96. The largest absolute Gasteiger partial charge is 0.457 e. The molecule has 3 aromatic carbocycles. The number of piperazine rings is 1. The Morgan fingerprint density at radius 1 is 0.851 bits per heavy atom. The summed E-state index contributed by atoms with van der Waals surface area (Å²) in [4.78, 5) is 33.7. The number of carbonyl (C=O) groups is 2. The molecule has 1 aliphatic heterocycles. The Balaban J connectivity index is 1.17. The van der Waals surface area contributed by atoms with Gasteiger partial charge in [-0.2, -0.15) is 13.2 Å². The SMILES string of the molecule is O=C(CN1CCN(c2ncccc2C(F)(F)F)CC1)NC(COCc1ccccc1)C(=O)Nc1ccc(Oc2ccc(F)cc2)cc1. The minimum absolute atomic E-state index is 0.0555. The Morgan fingerprint density at radius 3 is 2.17 bits per heavy atom. The smallest absolute Gasteiger partial charge is 0.419 e. The first-order valence-electron chi connectivity index (χ1n) is 14.9. The van der Waals surface area contributed by atoms with E-state index in [0.29, 0.717) is 30.3 Å². The molecular weight excluding hydrogens is 618 g/mol. The number of pyridine rings is 1. The number of aromatic nitrogens is 1. The quantitative estimate of drug-likeness (QED) is 0.196. The molecule has 4 aromatic rings. The third-order valence-corrected chi connectivity index (χ3v) is 7.35. The second kappa shape index (κ2) is 15.5. The number of ether oxygens (including phenoxy) is 2. The number of anilines is 2. The highest BCUT2D eigenvalue weighted by atomic mass is 19.4. The van der Waals surface area contributed by atoms with E-state index in [0.717, 1.165) is 11.6 Å². The van der Waals surface area contributed by atoms with E-state index in [1.807, 2.05) is 35.2 Å². The molecule has 0 aliphatic carbocycles. The van der Waals surface area contributed by atoms with Crippen LogP contribution in [0.2, 0.25) is 0 Å². The van der Waals surface area contributed by atoms with Gasteiger partial charge in [-0.15, -0.1) is 0 Å². The van der Waals surface area contributed by atoms with Crippen LogP contribution >= 0.6 is 0 Å². The minimum Gasteiger partial charge on any atom is -0.457 e. The number of nitrogens with zero attached hydrogens (tertiary/aromatic N) is 3. The molecule has 1 atom stereocenters. The number of nitrogens with one attached hydrogen (secondary N) is 2. The van der Waals surface area contributed by atoms with E-state index in [-0.39, 0.29) is 44.5 Å². The first kappa shape index (κ1) is 33.4. The lowest BCUT2D eigenvalue weighted by Crippen LogP contribution is -2.53. The van der Waals surface area contributed by atoms with Crippen LogP contribution in [0.4, 0.5) is 29.1 Å². The summed E-state index contributed by atoms with van der Waals surface area (Å²) >= 11 is 0. The van der Waals surface area contributed by atoms with Gasteiger partial charge in [0.25, 0.3) is 0 Å². The summed E-state index contributed by atoms with van der Waals surface area (Å²) in [5.41, 5.74) is 0.549. The Hall–Kier alpha value is -5.01. The third-order valence-electron chi connectivity index (χ3n) is 7.35. The van der Waals surface area contributed by atoms with E-state index in [4.69, 9.17) is 9.47 Å². The van der Waals surface area contributed by atoms with Gasteiger partial charge < -0.3 is 25.0 Å². The highest BCUT2D eigenvalue weighted by molar-refractivity contribution is 5.97. The van der Waals surface area contributed by atoms with Gasteiger partial charge in [0.15, 0.2) is 0 Å². The fraction of sp³-hybridized carbons (Fsp3) is 0.265. The van der Waals surface area contributed by atoms with E-state index in [1.54, 1.807) is 29.2 Å². The molecule has 1 aliphatic rings. The lowest BCUT2D eigenvalue weighted by molar-refractivity contribution is -0.137. The molecule has 1 unspecified atom stereocenters. The van der Waals surface area contributed by atoms with Crippen molar-refractivity contribution in [2.75, 3.05) is 49.5 Å². The normalized spacial score (nSPS) is 14.3. The standard InChI is InChI=1S/C34H33F4N5O4/c35-25-8-12-27(13-9-25)47-28-14-10-26(11-15-28)40-33(45)30(23-46-22-24-5-2-1-3-6-24)41-31(44)21-42-17-19-43(20-18-42)32-29(34(36,37)38)7-4-16-39-32/h1-16,30H,17-23H2,(H,40,45)(H,41,44). The summed E-state index contributed by atoms with van der Waals surface area (Å²) in [6.45, 7) is 1.22. The van der Waals surface area contributed by atoms with Crippen LogP contribution in [0, 0.1) is 5.82 Å². The Kier molecular flexibility index (Phi) is 11.0. The molecule has 0 spiro atoms. The molecule has 0 radical (unpaired) electrons. The topological polar surface area (TPSA) is 96.0 Å². The molecule has 5 rings (SSSR count). The Labute approximate surface area is 269 Å². The summed E-state index contributed by atoms with van der Waals surface area (Å²) < 4.78 is 65.1. The molecule has 2 heterocycles. The predicted octanol–water partition coefficient (Wildman–Crippen LogP) is 5.49. The maximum absolute atomic E-state index is 13.5. The van der Waals surface area contributed by atoms with Crippen molar-refractivity contribution < 1.29 is 36.6 Å². The highest BCUT2D eigenvalue weighted by Crippen LogP contribution is 2.35. The van der Waals surface area contributed by atoms with Gasteiger partial charge in [0.1, 0.15) is 29.2 Å². The zero-order valence-electron chi connectivity index (χ0n) is 25.3. The number of alkyl halides is 3. The van der Waals surface area contributed by atoms with E-state index < -0.39 is 29.6 Å². The first-order chi connectivity index (χ1) is 22.6. The van der Waals surface area contributed by atoms with Crippen LogP contribution in [0.1, 0.15) is 11.1 Å². The van der Waals surface area contributed by atoms with Gasteiger partial charge in [0.2, 0.25) is 11.8 Å². The minimum atomic E-state index is -4.53. The summed E-state index contributed by atoms with van der Waals surface area (Å²) in [7, 11) is 0. The first-order valence-corrected chi connectivity index (χ1v) is 14.9. The van der Waals surface area contributed by atoms with Crippen molar-refractivity contribution in [3.63, 3.8) is 0 Å². The summed E-state index contributed by atoms with van der Waals surface area (Å²) in [5.74, 6) is -0.520. The fourth-order valence-corrected chi connectivity index (χ4v) is 4.96. The average molecular weight is 652 g/mol. The van der Waals surface area contributed by atoms with Gasteiger partial charge in [0, 0.05) is 38.1 Å². The maximum atomic E-state index is 13.5. The summed E-state index contributed by atoms with van der Waals surface area (Å²) in [6, 6.07) is 22.7. The highest BCUT2D eigenvalue weighted by Gasteiger charge is 2.36. The van der Waals surface area contributed by atoms with Gasteiger partial charge in [0.05, 0.1) is 25.3 Å². The van der Waals surface area contributed by atoms with Gasteiger partial charge in [-0.05, 0) is 66.2 Å². The summed E-state index contributed by atoms with van der Waals surface area (Å²) in [5, 5.41) is 5.53. The molecule has 2 N–H and O–H groups in total. The van der Waals surface area contributed by atoms with Gasteiger partial charge in [-0.3, -0.25) is 14.5 Å². The second-order valence-electron chi connectivity index (χ2n) is 10.8. The molecule has 0 saturated carbocycles. The van der Waals surface area contributed by atoms with Crippen LogP contribution in [-0.2, 0) is 27.1 Å². The third kappa shape index (κ3) is 9.74. The van der Waals surface area contributed by atoms with Crippen LogP contribution in [0.5, 0.6) is 11.5 Å². The number of hydrogen-bond donors (Lipinski definition) is 2. The second-order valence-corrected chi connectivity index (χ2v) is 10.8. The molecule has 1 fully saturated rings. The molecule has 13 heteroatoms. The van der Waals surface area contributed by atoms with Gasteiger partial charge in [-0.1, -0.05) is 30.3 Å². The Bertz CT molecular complexity index is 1610. The van der Waals surface area contributed by atoms with Crippen LogP contribution in [-0.4, -0.2) is 67.1 Å². The molecule has 9 nitrogen and oxygen atoms in total. The van der Waals surface area contributed by atoms with Crippen molar-refractivity contribution in [3.05, 3.63) is 114 Å². The average Bonchev–Trinajstić information content (AvgIpc) is 3.06. The van der Waals surface area contributed by atoms with Crippen LogP contribution in [0.25, 0.3) is 0 Å². The van der Waals surface area contributed by atoms with E-state index >= 15 is 0 Å². The molecule has 0 bridgehead atoms. The van der Waals surface area contributed by atoms with Gasteiger partial charge >= 0.3 is 6.18 Å². The van der Waals surface area contributed by atoms with Crippen molar-refractivity contribution in [1.82, 2.24) is 15.2 Å². The van der Waals surface area contributed by atoms with Crippen LogP contribution < -0.4 is 20.3 Å². The summed E-state index contributed by atoms with van der Waals surface area (Å²) in [6.07, 6.45) is -3.20. The zero-order valence-corrected chi connectivity index (χ0v) is 25.3. The number of amides is 2. The van der Waals surface area contributed by atoms with E-state index in [1.165, 1.54) is 36.5 Å². The molecule has 2 amide bonds. The molecule has 47 heavy (non-hydrogen) atoms. The van der Waals surface area contributed by atoms with Crippen molar-refractivity contribution >= 4 is 23.3 Å². The molecular formula is C34H33F4N5O4. The maximum Gasteiger partial charge on any atom is 0.419 e.